The van der Waals surface area contributed by atoms with Gasteiger partial charge in [0.1, 0.15) is 10.7 Å². The first-order chi connectivity index (χ1) is 10.7. The molecular formula is C17H23N3OS. The molecule has 1 atom stereocenters. The summed E-state index contributed by atoms with van der Waals surface area (Å²) in [5.41, 5.74) is 1.35. The lowest BCUT2D eigenvalue weighted by molar-refractivity contribution is 0.216. The Kier molecular flexibility index (Phi) is 3.78. The molecule has 0 unspecified atom stereocenters. The summed E-state index contributed by atoms with van der Waals surface area (Å²) < 4.78 is 0. The highest BCUT2D eigenvalue weighted by atomic mass is 32.1. The highest BCUT2D eigenvalue weighted by molar-refractivity contribution is 7.18. The van der Waals surface area contributed by atoms with E-state index >= 15 is 0 Å². The number of hydrogen-bond acceptors (Lipinski definition) is 4. The van der Waals surface area contributed by atoms with Crippen LogP contribution >= 0.6 is 11.3 Å². The number of piperidine rings is 1. The van der Waals surface area contributed by atoms with E-state index in [1.807, 2.05) is 0 Å². The van der Waals surface area contributed by atoms with Crippen LogP contribution in [-0.4, -0.2) is 28.0 Å². The van der Waals surface area contributed by atoms with Crippen molar-refractivity contribution in [2.75, 3.05) is 13.1 Å². The van der Waals surface area contributed by atoms with Gasteiger partial charge in [-0.25, -0.2) is 4.98 Å². The highest BCUT2D eigenvalue weighted by Gasteiger charge is 2.23. The maximum Gasteiger partial charge on any atom is 0.259 e. The van der Waals surface area contributed by atoms with E-state index in [0.717, 1.165) is 54.4 Å². The number of aryl methyl sites for hydroxylation is 1. The van der Waals surface area contributed by atoms with Crippen molar-refractivity contribution >= 4 is 21.6 Å². The Labute approximate surface area is 134 Å². The van der Waals surface area contributed by atoms with E-state index in [-0.39, 0.29) is 5.56 Å². The van der Waals surface area contributed by atoms with Crippen LogP contribution in [-0.2, 0) is 19.4 Å². The Balaban J connectivity index is 1.69. The molecule has 0 amide bonds. The lowest BCUT2D eigenvalue weighted by Crippen LogP contribution is -2.30. The molecular weight excluding hydrogens is 294 g/mol. The topological polar surface area (TPSA) is 49.0 Å². The number of likely N-dealkylation sites (tertiary alicyclic amines) is 1. The maximum absolute atomic E-state index is 12.5. The number of hydrogen-bond donors (Lipinski definition) is 1. The number of nitrogens with zero attached hydrogens (tertiary/aromatic N) is 2. The van der Waals surface area contributed by atoms with E-state index in [1.54, 1.807) is 11.3 Å². The van der Waals surface area contributed by atoms with Gasteiger partial charge < -0.3 is 4.98 Å². The fourth-order valence-corrected chi connectivity index (χ4v) is 5.20. The number of aromatic amines is 1. The lowest BCUT2D eigenvalue weighted by Gasteiger charge is -2.25. The number of aromatic nitrogens is 2. The van der Waals surface area contributed by atoms with Crippen LogP contribution < -0.4 is 5.56 Å². The van der Waals surface area contributed by atoms with Gasteiger partial charge in [-0.1, -0.05) is 13.3 Å². The van der Waals surface area contributed by atoms with Gasteiger partial charge in [-0.15, -0.1) is 11.3 Å². The summed E-state index contributed by atoms with van der Waals surface area (Å²) in [4.78, 5) is 25.1. The molecule has 5 heteroatoms. The molecule has 2 aromatic rings. The zero-order chi connectivity index (χ0) is 15.1. The number of thiophene rings is 1. The molecule has 0 aromatic carbocycles. The Hall–Kier alpha value is -1.20. The van der Waals surface area contributed by atoms with E-state index in [2.05, 4.69) is 16.8 Å². The van der Waals surface area contributed by atoms with Crippen LogP contribution in [0.1, 0.15) is 48.9 Å². The second kappa shape index (κ2) is 5.78. The molecule has 0 radical (unpaired) electrons. The third-order valence-electron chi connectivity index (χ3n) is 5.04. The summed E-state index contributed by atoms with van der Waals surface area (Å²) in [6.07, 6.45) is 7.18. The Morgan fingerprint density at radius 2 is 2.14 bits per heavy atom. The van der Waals surface area contributed by atoms with Crippen LogP contribution in [0.15, 0.2) is 4.79 Å². The molecule has 0 spiro atoms. The van der Waals surface area contributed by atoms with Crippen molar-refractivity contribution in [2.45, 2.75) is 52.0 Å². The fraction of sp³-hybridized carbons (Fsp3) is 0.647. The van der Waals surface area contributed by atoms with Gasteiger partial charge in [-0.3, -0.25) is 9.69 Å². The largest absolute Gasteiger partial charge is 0.309 e. The molecule has 1 aliphatic carbocycles. The normalized spacial score (nSPS) is 22.9. The minimum atomic E-state index is 0.0732. The quantitative estimate of drug-likeness (QED) is 0.926. The van der Waals surface area contributed by atoms with Gasteiger partial charge >= 0.3 is 0 Å². The van der Waals surface area contributed by atoms with Crippen LogP contribution in [0.4, 0.5) is 0 Å². The van der Waals surface area contributed by atoms with Crippen molar-refractivity contribution in [3.63, 3.8) is 0 Å². The molecule has 4 nitrogen and oxygen atoms in total. The van der Waals surface area contributed by atoms with Crippen LogP contribution in [0, 0.1) is 5.92 Å². The molecule has 4 rings (SSSR count). The van der Waals surface area contributed by atoms with E-state index in [1.165, 1.54) is 36.1 Å². The van der Waals surface area contributed by atoms with Gasteiger partial charge in [0.15, 0.2) is 0 Å². The average molecular weight is 317 g/mol. The minimum Gasteiger partial charge on any atom is -0.309 e. The second-order valence-corrected chi connectivity index (χ2v) is 7.96. The van der Waals surface area contributed by atoms with Gasteiger partial charge in [0.05, 0.1) is 11.9 Å². The molecule has 2 aromatic heterocycles. The number of rotatable bonds is 2. The standard InChI is InChI=1S/C17H23N3OS/c1-11-5-6-12-13(9-11)22-17-15(12)16(21)18-14(19-17)10-20-7-3-2-4-8-20/h11H,2-10H2,1H3,(H,18,19,21)/t11-/m0/s1. The van der Waals surface area contributed by atoms with Crippen molar-refractivity contribution in [3.8, 4) is 0 Å². The summed E-state index contributed by atoms with van der Waals surface area (Å²) in [7, 11) is 0. The van der Waals surface area contributed by atoms with E-state index in [4.69, 9.17) is 4.98 Å². The predicted molar refractivity (Wildman–Crippen MR) is 90.6 cm³/mol. The molecule has 0 saturated carbocycles. The molecule has 1 aliphatic heterocycles. The third-order valence-corrected chi connectivity index (χ3v) is 6.18. The van der Waals surface area contributed by atoms with Crippen molar-refractivity contribution in [2.24, 2.45) is 5.92 Å². The molecule has 2 aliphatic rings. The molecule has 1 N–H and O–H groups in total. The Bertz CT molecular complexity index is 742. The first kappa shape index (κ1) is 14.4. The van der Waals surface area contributed by atoms with Crippen LogP contribution in [0.25, 0.3) is 10.2 Å². The average Bonchev–Trinajstić information content (AvgIpc) is 2.85. The van der Waals surface area contributed by atoms with Crippen molar-refractivity contribution in [1.82, 2.24) is 14.9 Å². The molecule has 0 bridgehead atoms. The third kappa shape index (κ3) is 2.61. The Morgan fingerprint density at radius 3 is 2.95 bits per heavy atom. The summed E-state index contributed by atoms with van der Waals surface area (Å²) in [6.45, 7) is 5.33. The van der Waals surface area contributed by atoms with Crippen molar-refractivity contribution in [1.29, 1.82) is 0 Å². The first-order valence-corrected chi connectivity index (χ1v) is 9.28. The molecule has 1 fully saturated rings. The molecule has 1 saturated heterocycles. The summed E-state index contributed by atoms with van der Waals surface area (Å²) in [5, 5.41) is 0.870. The molecule has 118 valence electrons. The van der Waals surface area contributed by atoms with Crippen LogP contribution in [0.5, 0.6) is 0 Å². The summed E-state index contributed by atoms with van der Waals surface area (Å²) >= 11 is 1.74. The van der Waals surface area contributed by atoms with Gasteiger partial charge in [-0.2, -0.15) is 0 Å². The van der Waals surface area contributed by atoms with Crippen molar-refractivity contribution < 1.29 is 0 Å². The number of fused-ring (bicyclic) bond motifs is 3. The fourth-order valence-electron chi connectivity index (χ4n) is 3.80. The zero-order valence-corrected chi connectivity index (χ0v) is 14.0. The smallest absolute Gasteiger partial charge is 0.259 e. The minimum absolute atomic E-state index is 0.0732. The van der Waals surface area contributed by atoms with Crippen LogP contribution in [0.2, 0.25) is 0 Å². The van der Waals surface area contributed by atoms with Crippen molar-refractivity contribution in [3.05, 3.63) is 26.6 Å². The monoisotopic (exact) mass is 317 g/mol. The predicted octanol–water partition coefficient (Wildman–Crippen LogP) is 3.10. The van der Waals surface area contributed by atoms with Gasteiger partial charge in [0.2, 0.25) is 0 Å². The van der Waals surface area contributed by atoms with E-state index < -0.39 is 0 Å². The zero-order valence-electron chi connectivity index (χ0n) is 13.2. The van der Waals surface area contributed by atoms with Gasteiger partial charge in [0.25, 0.3) is 5.56 Å². The maximum atomic E-state index is 12.5. The van der Waals surface area contributed by atoms with Crippen LogP contribution in [0.3, 0.4) is 0 Å². The summed E-state index contributed by atoms with van der Waals surface area (Å²) in [5.74, 6) is 1.57. The molecule has 3 heterocycles. The number of nitrogens with one attached hydrogen (secondary N) is 1. The van der Waals surface area contributed by atoms with Gasteiger partial charge in [-0.05, 0) is 56.7 Å². The van der Waals surface area contributed by atoms with E-state index in [0.29, 0.717) is 0 Å². The Morgan fingerprint density at radius 1 is 1.32 bits per heavy atom. The number of H-pyrrole nitrogens is 1. The molecule has 22 heavy (non-hydrogen) atoms. The highest BCUT2D eigenvalue weighted by Crippen LogP contribution is 2.35. The SMILES string of the molecule is C[C@H]1CCc2c(sc3nc(CN4CCCCC4)[nH]c(=O)c23)C1. The van der Waals surface area contributed by atoms with Gasteiger partial charge in [0, 0.05) is 4.88 Å². The summed E-state index contributed by atoms with van der Waals surface area (Å²) in [6, 6.07) is 0. The van der Waals surface area contributed by atoms with E-state index in [9.17, 15) is 4.79 Å². The lowest BCUT2D eigenvalue weighted by atomic mass is 9.89. The second-order valence-electron chi connectivity index (χ2n) is 6.88. The first-order valence-electron chi connectivity index (χ1n) is 8.46.